The second-order valence-electron chi connectivity index (χ2n) is 8.86. The molecule has 0 aromatic heterocycles. The van der Waals surface area contributed by atoms with Gasteiger partial charge in [-0.1, -0.05) is 155 Å². The average Bonchev–Trinajstić information content (AvgIpc) is 2.76. The van der Waals surface area contributed by atoms with Crippen molar-refractivity contribution in [2.24, 2.45) is 0 Å². The summed E-state index contributed by atoms with van der Waals surface area (Å²) in [5, 5.41) is 0. The molecule has 0 N–H and O–H groups in total. The van der Waals surface area contributed by atoms with Gasteiger partial charge in [0, 0.05) is 0 Å². The minimum Gasteiger partial charge on any atom is -0.542 e. The summed E-state index contributed by atoms with van der Waals surface area (Å²) in [5.74, 6) is 0. The molecule has 0 heterocycles. The predicted octanol–water partition coefficient (Wildman–Crippen LogP) is 9.59. The summed E-state index contributed by atoms with van der Waals surface area (Å²) >= 11 is 0. The van der Waals surface area contributed by atoms with Gasteiger partial charge in [-0.3, -0.25) is 12.6 Å². The van der Waals surface area contributed by atoms with Crippen molar-refractivity contribution in [1.82, 2.24) is 0 Å². The third-order valence-corrected chi connectivity index (χ3v) is 5.76. The normalized spacial score (nSPS) is 10.1. The van der Waals surface area contributed by atoms with Crippen LogP contribution in [-0.2, 0) is 30.7 Å². The molecule has 0 atom stereocenters. The Balaban J connectivity index is -0.000000490. The summed E-state index contributed by atoms with van der Waals surface area (Å²) in [6.45, 7) is 4.52. The minimum absolute atomic E-state index is 0. The van der Waals surface area contributed by atoms with Crippen LogP contribution in [0, 0.1) is 0 Å². The Morgan fingerprint density at radius 2 is 0.548 bits per heavy atom. The molecule has 0 rings (SSSR count). The molecule has 31 heavy (non-hydrogen) atoms. The zero-order chi connectivity index (χ0) is 22.4. The van der Waals surface area contributed by atoms with Crippen LogP contribution in [0.4, 0.5) is 0 Å². The molecule has 0 amide bonds. The van der Waals surface area contributed by atoms with Crippen LogP contribution in [-0.4, -0.2) is 12.6 Å². The van der Waals surface area contributed by atoms with Crippen molar-refractivity contribution in [2.45, 2.75) is 168 Å². The van der Waals surface area contributed by atoms with Crippen molar-refractivity contribution in [3.05, 3.63) is 0 Å². The molecule has 188 valence electrons. The van der Waals surface area contributed by atoms with Gasteiger partial charge in [0.05, 0.1) is 0 Å². The van der Waals surface area contributed by atoms with E-state index >= 15 is 0 Å². The number of unbranched alkanes of at least 4 members (excludes halogenated alkanes) is 22. The van der Waals surface area contributed by atoms with E-state index < -0.39 is 0 Å². The van der Waals surface area contributed by atoms with Crippen molar-refractivity contribution >= 4 is 12.6 Å². The minimum atomic E-state index is 0. The van der Waals surface area contributed by atoms with Gasteiger partial charge in [0.25, 0.3) is 0 Å². The van der Waals surface area contributed by atoms with Crippen LogP contribution in [0.3, 0.4) is 0 Å². The van der Waals surface area contributed by atoms with E-state index in [1.54, 1.807) is 0 Å². The summed E-state index contributed by atoms with van der Waals surface area (Å²) in [6.07, 6.45) is 34.6. The van der Waals surface area contributed by atoms with Crippen molar-refractivity contribution in [3.8, 4) is 0 Å². The molecule has 0 aliphatic heterocycles. The first kappa shape index (κ1) is 35.6. The molecule has 2 nitrogen and oxygen atoms in total. The van der Waals surface area contributed by atoms with Crippen molar-refractivity contribution in [1.29, 1.82) is 0 Å². The maximum absolute atomic E-state index is 9.94. The smallest absolute Gasteiger partial charge is 0.542 e. The number of hydrogen-bond acceptors (Lipinski definition) is 2. The predicted molar refractivity (Wildman–Crippen MR) is 134 cm³/mol. The topological polar surface area (TPSA) is 34.1 Å². The summed E-state index contributed by atoms with van der Waals surface area (Å²) in [4.78, 5) is 19.9. The van der Waals surface area contributed by atoms with Gasteiger partial charge in [-0.05, 0) is 0 Å². The molecule has 0 aliphatic rings. The van der Waals surface area contributed by atoms with Gasteiger partial charge in [-0.25, -0.2) is 0 Å². The fourth-order valence-corrected chi connectivity index (χ4v) is 3.72. The van der Waals surface area contributed by atoms with E-state index in [1.807, 2.05) is 12.6 Å². The average molecular weight is 618 g/mol. The maximum atomic E-state index is 9.94. The van der Waals surface area contributed by atoms with Crippen LogP contribution < -0.4 is 0 Å². The molecule has 0 saturated heterocycles. The summed E-state index contributed by atoms with van der Waals surface area (Å²) in [6, 6.07) is 0. The van der Waals surface area contributed by atoms with Crippen LogP contribution in [0.2, 0.25) is 0 Å². The first-order chi connectivity index (χ1) is 14.8. The fraction of sp³-hybridized carbons (Fsp3) is 0.929. The van der Waals surface area contributed by atoms with E-state index in [0.717, 1.165) is 12.8 Å². The van der Waals surface area contributed by atoms with E-state index in [1.165, 1.54) is 128 Å². The molecule has 0 spiro atoms. The largest absolute Gasteiger partial charge is 2.00 e. The Labute approximate surface area is 210 Å². The molecule has 0 aromatic rings. The van der Waals surface area contributed by atoms with Gasteiger partial charge in [0.1, 0.15) is 0 Å². The molecule has 0 bridgehead atoms. The Kier molecular flexibility index (Phi) is 42.9. The Morgan fingerprint density at radius 1 is 0.355 bits per heavy atom. The number of hydrogen-bond donors (Lipinski definition) is 0. The zero-order valence-electron chi connectivity index (χ0n) is 21.1. The van der Waals surface area contributed by atoms with Crippen LogP contribution >= 0.6 is 0 Å². The van der Waals surface area contributed by atoms with Crippen LogP contribution in [0.5, 0.6) is 0 Å². The fourth-order valence-electron chi connectivity index (χ4n) is 3.72. The Bertz CT molecular complexity index is 277. The molecular formula is C28H54O2Pt. The molecule has 0 radical (unpaired) electrons. The van der Waals surface area contributed by atoms with Crippen molar-refractivity contribution in [3.63, 3.8) is 0 Å². The number of carbonyl (C=O) groups excluding carboxylic acids is 2. The SMILES string of the molecule is CCCCCCCCCCCCC[C-]=O.CCCCCCCCCCCCC[C-]=O.[Pt+2]. The van der Waals surface area contributed by atoms with E-state index in [0.29, 0.717) is 12.8 Å². The molecule has 0 saturated carbocycles. The van der Waals surface area contributed by atoms with E-state index in [2.05, 4.69) is 13.8 Å². The van der Waals surface area contributed by atoms with Crippen LogP contribution in [0.1, 0.15) is 168 Å². The standard InChI is InChI=1S/2C14H27O.Pt/c2*1-2-3-4-5-6-7-8-9-10-11-12-13-14-15;/h2*2-13H2,1H3;/q2*-1;+2. The third-order valence-electron chi connectivity index (χ3n) is 5.76. The molecule has 0 aromatic carbocycles. The quantitative estimate of drug-likeness (QED) is 0.0799. The van der Waals surface area contributed by atoms with E-state index in [4.69, 9.17) is 0 Å². The van der Waals surface area contributed by atoms with Gasteiger partial charge in [-0.2, -0.15) is 12.8 Å². The number of rotatable bonds is 24. The van der Waals surface area contributed by atoms with Crippen molar-refractivity contribution < 1.29 is 30.7 Å². The molecular weight excluding hydrogens is 563 g/mol. The van der Waals surface area contributed by atoms with Crippen molar-refractivity contribution in [2.75, 3.05) is 0 Å². The first-order valence-electron chi connectivity index (χ1n) is 13.5. The van der Waals surface area contributed by atoms with Gasteiger partial charge < -0.3 is 9.59 Å². The second kappa shape index (κ2) is 37.3. The van der Waals surface area contributed by atoms with Gasteiger partial charge in [-0.15, -0.1) is 0 Å². The Hall–Kier alpha value is 0.0283. The summed E-state index contributed by atoms with van der Waals surface area (Å²) in [5.41, 5.74) is 0. The van der Waals surface area contributed by atoms with Crippen LogP contribution in [0.15, 0.2) is 0 Å². The zero-order valence-corrected chi connectivity index (χ0v) is 23.4. The maximum Gasteiger partial charge on any atom is 2.00 e. The summed E-state index contributed by atoms with van der Waals surface area (Å²) < 4.78 is 0. The second-order valence-corrected chi connectivity index (χ2v) is 8.86. The molecule has 0 aliphatic carbocycles. The van der Waals surface area contributed by atoms with Crippen LogP contribution in [0.25, 0.3) is 0 Å². The Morgan fingerprint density at radius 3 is 0.742 bits per heavy atom. The molecule has 3 heteroatoms. The molecule has 0 fully saturated rings. The van der Waals surface area contributed by atoms with Gasteiger partial charge >= 0.3 is 21.1 Å². The van der Waals surface area contributed by atoms with E-state index in [9.17, 15) is 9.59 Å². The summed E-state index contributed by atoms with van der Waals surface area (Å²) in [7, 11) is 0. The van der Waals surface area contributed by atoms with E-state index in [-0.39, 0.29) is 21.1 Å². The monoisotopic (exact) mass is 617 g/mol. The third kappa shape index (κ3) is 40.9. The molecule has 0 unspecified atom stereocenters. The first-order valence-corrected chi connectivity index (χ1v) is 13.5. The van der Waals surface area contributed by atoms with Gasteiger partial charge in [0.15, 0.2) is 0 Å². The van der Waals surface area contributed by atoms with Gasteiger partial charge in [0.2, 0.25) is 0 Å².